The molecule has 1 amide bonds. The number of rotatable bonds is 3. The number of halogens is 3. The van der Waals surface area contributed by atoms with Gasteiger partial charge in [0.25, 0.3) is 5.91 Å². The molecule has 2 aromatic carbocycles. The first-order chi connectivity index (χ1) is 16.9. The molecule has 0 aliphatic carbocycles. The van der Waals surface area contributed by atoms with Crippen LogP contribution in [0.15, 0.2) is 66.9 Å². The van der Waals surface area contributed by atoms with E-state index in [1.54, 1.807) is 0 Å². The zero-order chi connectivity index (χ0) is 24.4. The highest BCUT2D eigenvalue weighted by atomic mass is 19.4. The molecule has 35 heavy (non-hydrogen) atoms. The van der Waals surface area contributed by atoms with Crippen molar-refractivity contribution in [3.63, 3.8) is 0 Å². The molecule has 0 spiro atoms. The van der Waals surface area contributed by atoms with Gasteiger partial charge < -0.3 is 14.7 Å². The number of carbonyl (C=O) groups excluding carboxylic acids is 1. The number of aromatic nitrogens is 1. The van der Waals surface area contributed by atoms with Crippen molar-refractivity contribution in [2.24, 2.45) is 0 Å². The van der Waals surface area contributed by atoms with Crippen LogP contribution in [0.5, 0.6) is 0 Å². The van der Waals surface area contributed by atoms with Crippen LogP contribution in [0.2, 0.25) is 0 Å². The molecule has 0 radical (unpaired) electrons. The number of anilines is 2. The fourth-order valence-corrected chi connectivity index (χ4v) is 4.80. The Morgan fingerprint density at radius 3 is 2.29 bits per heavy atom. The van der Waals surface area contributed by atoms with Crippen molar-refractivity contribution in [2.75, 3.05) is 42.5 Å². The zero-order valence-corrected chi connectivity index (χ0v) is 19.3. The first-order valence-corrected chi connectivity index (χ1v) is 11.9. The van der Waals surface area contributed by atoms with Crippen molar-refractivity contribution >= 4 is 17.4 Å². The topological polar surface area (TPSA) is 39.7 Å². The van der Waals surface area contributed by atoms with Crippen LogP contribution < -0.4 is 9.80 Å². The second-order valence-electron chi connectivity index (χ2n) is 9.02. The summed E-state index contributed by atoms with van der Waals surface area (Å²) in [7, 11) is 0. The molecular formula is C27H27F3N4O. The van der Waals surface area contributed by atoms with Gasteiger partial charge in [0.15, 0.2) is 0 Å². The van der Waals surface area contributed by atoms with E-state index in [1.165, 1.54) is 17.2 Å². The number of alkyl halides is 3. The number of hydrogen-bond acceptors (Lipinski definition) is 4. The summed E-state index contributed by atoms with van der Waals surface area (Å²) in [5, 5.41) is 0. The third-order valence-electron chi connectivity index (χ3n) is 6.79. The summed E-state index contributed by atoms with van der Waals surface area (Å²) in [6.45, 7) is 4.06. The van der Waals surface area contributed by atoms with Gasteiger partial charge in [0.2, 0.25) is 0 Å². The van der Waals surface area contributed by atoms with Gasteiger partial charge in [-0.05, 0) is 60.4 Å². The molecule has 3 heterocycles. The van der Waals surface area contributed by atoms with Crippen LogP contribution in [0.4, 0.5) is 24.7 Å². The third kappa shape index (κ3) is 5.11. The standard InChI is InChI=1S/C27H27F3N4O/c28-27(29,30)23-8-11-25(31-18-23)32-13-3-14-33(17-16-32)26(35)21-6-9-24(10-7-21)34-15-12-20-4-1-2-5-22(20)19-34/h1-2,4-11,18H,3,12-17,19H2. The van der Waals surface area contributed by atoms with Crippen LogP contribution in [-0.2, 0) is 19.1 Å². The summed E-state index contributed by atoms with van der Waals surface area (Å²) < 4.78 is 38.5. The van der Waals surface area contributed by atoms with Crippen molar-refractivity contribution in [3.05, 3.63) is 89.1 Å². The quantitative estimate of drug-likeness (QED) is 0.528. The maximum absolute atomic E-state index is 13.2. The van der Waals surface area contributed by atoms with Crippen LogP contribution in [0.25, 0.3) is 0 Å². The Balaban J connectivity index is 1.21. The molecule has 5 rings (SSSR count). The molecule has 1 fully saturated rings. The van der Waals surface area contributed by atoms with E-state index in [-0.39, 0.29) is 5.91 Å². The van der Waals surface area contributed by atoms with E-state index >= 15 is 0 Å². The molecule has 0 saturated carbocycles. The maximum Gasteiger partial charge on any atom is 0.417 e. The van der Waals surface area contributed by atoms with E-state index in [9.17, 15) is 18.0 Å². The van der Waals surface area contributed by atoms with Crippen LogP contribution >= 0.6 is 0 Å². The van der Waals surface area contributed by atoms with Gasteiger partial charge in [-0.15, -0.1) is 0 Å². The Labute approximate surface area is 202 Å². The van der Waals surface area contributed by atoms with Gasteiger partial charge >= 0.3 is 6.18 Å². The average Bonchev–Trinajstić information content (AvgIpc) is 3.14. The lowest BCUT2D eigenvalue weighted by atomic mass is 9.99. The number of hydrogen-bond donors (Lipinski definition) is 0. The normalized spacial score (nSPS) is 16.6. The molecule has 0 N–H and O–H groups in total. The SMILES string of the molecule is O=C(c1ccc(N2CCc3ccccc3C2)cc1)N1CCCN(c2ccc(C(F)(F)F)cn2)CC1. The fourth-order valence-electron chi connectivity index (χ4n) is 4.80. The minimum absolute atomic E-state index is 0.0252. The summed E-state index contributed by atoms with van der Waals surface area (Å²) in [5.41, 5.74) is 3.73. The second kappa shape index (κ2) is 9.60. The van der Waals surface area contributed by atoms with Gasteiger partial charge in [0.05, 0.1) is 5.56 Å². The summed E-state index contributed by atoms with van der Waals surface area (Å²) in [4.78, 5) is 23.2. The van der Waals surface area contributed by atoms with Gasteiger partial charge in [0.1, 0.15) is 5.82 Å². The van der Waals surface area contributed by atoms with E-state index in [4.69, 9.17) is 0 Å². The Morgan fingerprint density at radius 1 is 0.800 bits per heavy atom. The first-order valence-electron chi connectivity index (χ1n) is 11.9. The number of nitrogens with zero attached hydrogens (tertiary/aromatic N) is 4. The van der Waals surface area contributed by atoms with Gasteiger partial charge in [-0.3, -0.25) is 4.79 Å². The number of amides is 1. The number of benzene rings is 2. The van der Waals surface area contributed by atoms with Gasteiger partial charge in [-0.2, -0.15) is 13.2 Å². The van der Waals surface area contributed by atoms with Crippen molar-refractivity contribution in [2.45, 2.75) is 25.6 Å². The summed E-state index contributed by atoms with van der Waals surface area (Å²) in [6, 6.07) is 18.8. The lowest BCUT2D eigenvalue weighted by molar-refractivity contribution is -0.137. The van der Waals surface area contributed by atoms with E-state index in [1.807, 2.05) is 34.1 Å². The van der Waals surface area contributed by atoms with Crippen LogP contribution in [0.3, 0.4) is 0 Å². The first kappa shape index (κ1) is 23.2. The summed E-state index contributed by atoms with van der Waals surface area (Å²) >= 11 is 0. The molecule has 5 nitrogen and oxygen atoms in total. The highest BCUT2D eigenvalue weighted by molar-refractivity contribution is 5.94. The lowest BCUT2D eigenvalue weighted by Gasteiger charge is -2.31. The maximum atomic E-state index is 13.2. The van der Waals surface area contributed by atoms with Gasteiger partial charge in [-0.25, -0.2) is 4.98 Å². The van der Waals surface area contributed by atoms with Crippen LogP contribution in [-0.4, -0.2) is 48.5 Å². The Morgan fingerprint density at radius 2 is 1.57 bits per heavy atom. The smallest absolute Gasteiger partial charge is 0.367 e. The molecule has 3 aromatic rings. The van der Waals surface area contributed by atoms with Gasteiger partial charge in [0, 0.05) is 56.7 Å². The minimum atomic E-state index is -4.40. The Kier molecular flexibility index (Phi) is 6.36. The molecule has 0 bridgehead atoms. The highest BCUT2D eigenvalue weighted by Crippen LogP contribution is 2.30. The molecule has 182 valence electrons. The molecule has 1 saturated heterocycles. The summed E-state index contributed by atoms with van der Waals surface area (Å²) in [6.07, 6.45) is -1.80. The van der Waals surface area contributed by atoms with Crippen molar-refractivity contribution in [1.29, 1.82) is 0 Å². The number of carbonyl (C=O) groups is 1. The molecule has 1 aromatic heterocycles. The molecular weight excluding hydrogens is 453 g/mol. The van der Waals surface area contributed by atoms with Crippen molar-refractivity contribution in [3.8, 4) is 0 Å². The third-order valence-corrected chi connectivity index (χ3v) is 6.79. The lowest BCUT2D eigenvalue weighted by Crippen LogP contribution is -2.35. The number of fused-ring (bicyclic) bond motifs is 1. The zero-order valence-electron chi connectivity index (χ0n) is 19.3. The molecule has 8 heteroatoms. The second-order valence-corrected chi connectivity index (χ2v) is 9.02. The molecule has 0 atom stereocenters. The van der Waals surface area contributed by atoms with E-state index in [2.05, 4.69) is 34.1 Å². The monoisotopic (exact) mass is 480 g/mol. The average molecular weight is 481 g/mol. The number of pyridine rings is 1. The molecule has 2 aliphatic rings. The predicted molar refractivity (Wildman–Crippen MR) is 130 cm³/mol. The van der Waals surface area contributed by atoms with Gasteiger partial charge in [-0.1, -0.05) is 24.3 Å². The largest absolute Gasteiger partial charge is 0.417 e. The fraction of sp³-hybridized carbons (Fsp3) is 0.333. The summed E-state index contributed by atoms with van der Waals surface area (Å²) in [5.74, 6) is 0.475. The Hall–Kier alpha value is -3.55. The van der Waals surface area contributed by atoms with E-state index in [0.717, 1.165) is 43.9 Å². The van der Waals surface area contributed by atoms with Crippen LogP contribution in [0, 0.1) is 0 Å². The highest BCUT2D eigenvalue weighted by Gasteiger charge is 2.31. The Bertz CT molecular complexity index is 1180. The van der Waals surface area contributed by atoms with Crippen LogP contribution in [0.1, 0.15) is 33.5 Å². The van der Waals surface area contributed by atoms with E-state index in [0.29, 0.717) is 37.6 Å². The minimum Gasteiger partial charge on any atom is -0.367 e. The molecule has 2 aliphatic heterocycles. The molecule has 0 unspecified atom stereocenters. The van der Waals surface area contributed by atoms with E-state index < -0.39 is 11.7 Å². The van der Waals surface area contributed by atoms with Crippen molar-refractivity contribution in [1.82, 2.24) is 9.88 Å². The predicted octanol–water partition coefficient (Wildman–Crippen LogP) is 5.02. The van der Waals surface area contributed by atoms with Crippen molar-refractivity contribution < 1.29 is 18.0 Å².